The zero-order chi connectivity index (χ0) is 22.7. The number of hydrogen-bond acceptors (Lipinski definition) is 8. The third-order valence-corrected chi connectivity index (χ3v) is 8.98. The molecule has 1 aromatic carbocycles. The first kappa shape index (κ1) is 23.4. The Morgan fingerprint density at radius 1 is 1.22 bits per heavy atom. The SMILES string of the molecule is CSCCC(NC(=O)C1CCN(S(=O)(=O)c2cccc3nsnc23)CC1)C(=O)NC1CC1. The van der Waals surface area contributed by atoms with Gasteiger partial charge >= 0.3 is 0 Å². The first-order valence-corrected chi connectivity index (χ1v) is 14.3. The quantitative estimate of drug-likeness (QED) is 0.540. The lowest BCUT2D eigenvalue weighted by molar-refractivity contribution is -0.132. The maximum Gasteiger partial charge on any atom is 0.245 e. The highest BCUT2D eigenvalue weighted by atomic mass is 32.2. The summed E-state index contributed by atoms with van der Waals surface area (Å²) in [5.74, 6) is 0.157. The molecule has 32 heavy (non-hydrogen) atoms. The van der Waals surface area contributed by atoms with Crippen molar-refractivity contribution in [3.63, 3.8) is 0 Å². The van der Waals surface area contributed by atoms with Gasteiger partial charge in [0.25, 0.3) is 0 Å². The number of carbonyl (C=O) groups excluding carboxylic acids is 2. The third-order valence-electron chi connectivity index (χ3n) is 5.86. The van der Waals surface area contributed by atoms with Crippen molar-refractivity contribution in [2.24, 2.45) is 5.92 Å². The fourth-order valence-electron chi connectivity index (χ4n) is 3.81. The average molecular weight is 498 g/mol. The number of amides is 2. The average Bonchev–Trinajstić information content (AvgIpc) is 3.47. The van der Waals surface area contributed by atoms with Gasteiger partial charge in [0.15, 0.2) is 0 Å². The summed E-state index contributed by atoms with van der Waals surface area (Å²) in [6.45, 7) is 0.496. The summed E-state index contributed by atoms with van der Waals surface area (Å²) in [5.41, 5.74) is 0.946. The van der Waals surface area contributed by atoms with Crippen LogP contribution in [0.4, 0.5) is 0 Å². The molecule has 0 radical (unpaired) electrons. The number of fused-ring (bicyclic) bond motifs is 1. The predicted molar refractivity (Wildman–Crippen MR) is 125 cm³/mol. The molecule has 0 bridgehead atoms. The zero-order valence-electron chi connectivity index (χ0n) is 17.8. The predicted octanol–water partition coefficient (Wildman–Crippen LogP) is 1.61. The number of sulfonamides is 1. The lowest BCUT2D eigenvalue weighted by Gasteiger charge is -2.31. The van der Waals surface area contributed by atoms with Crippen LogP contribution in [0.2, 0.25) is 0 Å². The third kappa shape index (κ3) is 5.24. The molecule has 1 saturated carbocycles. The van der Waals surface area contributed by atoms with Crippen LogP contribution in [0.15, 0.2) is 23.1 Å². The maximum absolute atomic E-state index is 13.2. The molecule has 2 aromatic rings. The highest BCUT2D eigenvalue weighted by Crippen LogP contribution is 2.28. The molecule has 1 aromatic heterocycles. The van der Waals surface area contributed by atoms with Crippen LogP contribution >= 0.6 is 23.5 Å². The standard InChI is InChI=1S/C20H27N5O4S3/c1-30-12-9-16(20(27)21-14-5-6-14)22-19(26)13-7-10-25(11-8-13)32(28,29)17-4-2-3-15-18(17)24-31-23-15/h2-4,13-14,16H,5-12H2,1H3,(H,21,27)(H,22,26). The molecule has 2 heterocycles. The normalized spacial score (nSPS) is 19.0. The van der Waals surface area contributed by atoms with Crippen LogP contribution in [0.3, 0.4) is 0 Å². The van der Waals surface area contributed by atoms with Crippen molar-refractivity contribution >= 4 is 56.4 Å². The molecule has 12 heteroatoms. The summed E-state index contributed by atoms with van der Waals surface area (Å²) in [7, 11) is -3.72. The summed E-state index contributed by atoms with van der Waals surface area (Å²) in [6, 6.07) is 4.64. The lowest BCUT2D eigenvalue weighted by Crippen LogP contribution is -2.51. The number of hydrogen-bond donors (Lipinski definition) is 2. The molecule has 9 nitrogen and oxygen atoms in total. The van der Waals surface area contributed by atoms with Gasteiger partial charge < -0.3 is 10.6 Å². The van der Waals surface area contributed by atoms with E-state index in [4.69, 9.17) is 0 Å². The second kappa shape index (κ2) is 10.0. The number of nitrogens with one attached hydrogen (secondary N) is 2. The summed E-state index contributed by atoms with van der Waals surface area (Å²) in [5, 5.41) is 5.88. The molecule has 2 fully saturated rings. The van der Waals surface area contributed by atoms with E-state index in [-0.39, 0.29) is 41.8 Å². The van der Waals surface area contributed by atoms with Crippen molar-refractivity contribution in [2.75, 3.05) is 25.1 Å². The van der Waals surface area contributed by atoms with E-state index >= 15 is 0 Å². The van der Waals surface area contributed by atoms with E-state index in [1.807, 2.05) is 6.26 Å². The minimum atomic E-state index is -3.72. The van der Waals surface area contributed by atoms with Crippen molar-refractivity contribution < 1.29 is 18.0 Å². The van der Waals surface area contributed by atoms with Crippen LogP contribution in [0.25, 0.3) is 11.0 Å². The van der Waals surface area contributed by atoms with Gasteiger partial charge in [0.1, 0.15) is 22.0 Å². The van der Waals surface area contributed by atoms with E-state index in [0.29, 0.717) is 30.3 Å². The van der Waals surface area contributed by atoms with Crippen LogP contribution in [0.1, 0.15) is 32.1 Å². The fourth-order valence-corrected chi connectivity index (χ4v) is 6.50. The van der Waals surface area contributed by atoms with Crippen LogP contribution < -0.4 is 10.6 Å². The van der Waals surface area contributed by atoms with Crippen molar-refractivity contribution in [1.29, 1.82) is 0 Å². The molecule has 2 aliphatic rings. The van der Waals surface area contributed by atoms with E-state index in [0.717, 1.165) is 30.3 Å². The topological polar surface area (TPSA) is 121 Å². The lowest BCUT2D eigenvalue weighted by atomic mass is 9.96. The van der Waals surface area contributed by atoms with E-state index in [9.17, 15) is 18.0 Å². The van der Waals surface area contributed by atoms with Crippen molar-refractivity contribution in [3.05, 3.63) is 18.2 Å². The number of benzene rings is 1. The fraction of sp³-hybridized carbons (Fsp3) is 0.600. The van der Waals surface area contributed by atoms with E-state index in [1.165, 1.54) is 4.31 Å². The zero-order valence-corrected chi connectivity index (χ0v) is 20.3. The van der Waals surface area contributed by atoms with Gasteiger partial charge in [0.2, 0.25) is 21.8 Å². The summed E-state index contributed by atoms with van der Waals surface area (Å²) in [6.07, 6.45) is 5.35. The Bertz CT molecular complexity index is 1080. The van der Waals surface area contributed by atoms with Gasteiger partial charge in [-0.15, -0.1) is 0 Å². The molecule has 1 aliphatic carbocycles. The molecule has 1 atom stereocenters. The minimum absolute atomic E-state index is 0.125. The van der Waals surface area contributed by atoms with Gasteiger partial charge in [-0.05, 0) is 56.2 Å². The Morgan fingerprint density at radius 3 is 2.66 bits per heavy atom. The Kier molecular flexibility index (Phi) is 7.33. The van der Waals surface area contributed by atoms with E-state index in [2.05, 4.69) is 19.4 Å². The molecule has 1 saturated heterocycles. The summed E-state index contributed by atoms with van der Waals surface area (Å²) in [4.78, 5) is 25.5. The minimum Gasteiger partial charge on any atom is -0.352 e. The second-order valence-corrected chi connectivity index (χ2v) is 11.6. The Morgan fingerprint density at radius 2 is 1.97 bits per heavy atom. The Balaban J connectivity index is 1.37. The smallest absolute Gasteiger partial charge is 0.245 e. The van der Waals surface area contributed by atoms with Gasteiger partial charge in [0, 0.05) is 25.0 Å². The Labute approximate surface area is 196 Å². The second-order valence-electron chi connectivity index (χ2n) is 8.19. The van der Waals surface area contributed by atoms with Crippen LogP contribution in [0, 0.1) is 5.92 Å². The molecule has 1 unspecified atom stereocenters. The molecule has 4 rings (SSSR count). The van der Waals surface area contributed by atoms with E-state index in [1.54, 1.807) is 30.0 Å². The number of aromatic nitrogens is 2. The number of nitrogens with zero attached hydrogens (tertiary/aromatic N) is 3. The number of piperidine rings is 1. The highest BCUT2D eigenvalue weighted by Gasteiger charge is 2.35. The molecule has 2 N–H and O–H groups in total. The van der Waals surface area contributed by atoms with Crippen LogP contribution in [-0.4, -0.2) is 70.5 Å². The monoisotopic (exact) mass is 497 g/mol. The number of carbonyl (C=O) groups is 2. The Hall–Kier alpha value is -1.76. The largest absolute Gasteiger partial charge is 0.352 e. The van der Waals surface area contributed by atoms with Crippen molar-refractivity contribution in [2.45, 2.75) is 49.1 Å². The first-order chi connectivity index (χ1) is 15.4. The molecule has 2 amide bonds. The highest BCUT2D eigenvalue weighted by molar-refractivity contribution is 7.98. The van der Waals surface area contributed by atoms with Gasteiger partial charge in [-0.3, -0.25) is 9.59 Å². The summed E-state index contributed by atoms with van der Waals surface area (Å²) < 4.78 is 36.0. The maximum atomic E-state index is 13.2. The van der Waals surface area contributed by atoms with Crippen molar-refractivity contribution in [1.82, 2.24) is 23.7 Å². The molecular weight excluding hydrogens is 470 g/mol. The van der Waals surface area contributed by atoms with E-state index < -0.39 is 16.1 Å². The van der Waals surface area contributed by atoms with Gasteiger partial charge in [0.05, 0.1) is 11.7 Å². The van der Waals surface area contributed by atoms with Crippen LogP contribution in [-0.2, 0) is 19.6 Å². The molecule has 0 spiro atoms. The first-order valence-electron chi connectivity index (χ1n) is 10.7. The van der Waals surface area contributed by atoms with Gasteiger partial charge in [-0.25, -0.2) is 8.42 Å². The summed E-state index contributed by atoms with van der Waals surface area (Å²) >= 11 is 2.62. The number of thioether (sulfide) groups is 1. The number of rotatable bonds is 9. The van der Waals surface area contributed by atoms with Gasteiger partial charge in [-0.2, -0.15) is 24.8 Å². The van der Waals surface area contributed by atoms with Crippen LogP contribution in [0.5, 0.6) is 0 Å². The van der Waals surface area contributed by atoms with Crippen molar-refractivity contribution in [3.8, 4) is 0 Å². The molecule has 174 valence electrons. The van der Waals surface area contributed by atoms with Gasteiger partial charge in [-0.1, -0.05) is 6.07 Å². The molecular formula is C20H27N5O4S3. The molecule has 1 aliphatic heterocycles.